The van der Waals surface area contributed by atoms with Gasteiger partial charge >= 0.3 is 12.0 Å². The third kappa shape index (κ3) is 2.32. The Morgan fingerprint density at radius 2 is 2.33 bits per heavy atom. The molecule has 0 fully saturated rings. The van der Waals surface area contributed by atoms with Gasteiger partial charge in [-0.1, -0.05) is 0 Å². The molecule has 0 saturated heterocycles. The molecule has 1 heterocycles. The first-order valence-corrected chi connectivity index (χ1v) is 5.33. The molecule has 0 unspecified atom stereocenters. The summed E-state index contributed by atoms with van der Waals surface area (Å²) in [6.07, 6.45) is 3.22. The van der Waals surface area contributed by atoms with Crippen molar-refractivity contribution in [3.05, 3.63) is 42.0 Å². The van der Waals surface area contributed by atoms with Gasteiger partial charge in [0.1, 0.15) is 17.1 Å². The van der Waals surface area contributed by atoms with Gasteiger partial charge in [-0.25, -0.2) is 14.2 Å². The molecule has 0 radical (unpaired) electrons. The van der Waals surface area contributed by atoms with Gasteiger partial charge in [0, 0.05) is 25.0 Å². The van der Waals surface area contributed by atoms with E-state index < -0.39 is 11.8 Å². The minimum absolute atomic E-state index is 0.0663. The molecule has 0 spiro atoms. The van der Waals surface area contributed by atoms with Gasteiger partial charge in [0.15, 0.2) is 0 Å². The topological polar surface area (TPSA) is 64.4 Å². The number of rotatable bonds is 4. The normalized spacial score (nSPS) is 10.3. The van der Waals surface area contributed by atoms with Crippen LogP contribution in [0.4, 0.5) is 4.39 Å². The van der Waals surface area contributed by atoms with E-state index in [1.54, 1.807) is 10.8 Å². The number of imidazole rings is 1. The van der Waals surface area contributed by atoms with Crippen molar-refractivity contribution in [2.24, 2.45) is 0 Å². The number of aromatic carboxylic acids is 1. The molecule has 0 aliphatic carbocycles. The second kappa shape index (κ2) is 4.87. The summed E-state index contributed by atoms with van der Waals surface area (Å²) in [6.45, 7) is 2.51. The smallest absolute Gasteiger partial charge is 0.339 e. The first-order chi connectivity index (χ1) is 8.61. The summed E-state index contributed by atoms with van der Waals surface area (Å²) in [5, 5.41) is 8.98. The lowest BCUT2D eigenvalue weighted by molar-refractivity contribution is 0.0694. The van der Waals surface area contributed by atoms with E-state index in [1.165, 1.54) is 6.20 Å². The average molecular weight is 250 g/mol. The van der Waals surface area contributed by atoms with Crippen LogP contribution in [0.25, 0.3) is 0 Å². The first-order valence-electron chi connectivity index (χ1n) is 5.33. The highest BCUT2D eigenvalue weighted by Gasteiger charge is 2.15. The van der Waals surface area contributed by atoms with Crippen LogP contribution in [0.1, 0.15) is 17.3 Å². The fourth-order valence-corrected chi connectivity index (χ4v) is 1.50. The second-order valence-corrected chi connectivity index (χ2v) is 3.54. The van der Waals surface area contributed by atoms with Crippen LogP contribution < -0.4 is 4.74 Å². The molecule has 0 aliphatic heterocycles. The molecule has 0 bridgehead atoms. The summed E-state index contributed by atoms with van der Waals surface area (Å²) in [4.78, 5) is 14.9. The quantitative estimate of drug-likeness (QED) is 0.905. The van der Waals surface area contributed by atoms with Crippen molar-refractivity contribution < 1.29 is 19.0 Å². The van der Waals surface area contributed by atoms with E-state index in [-0.39, 0.29) is 17.3 Å². The molecule has 2 rings (SSSR count). The van der Waals surface area contributed by atoms with E-state index in [2.05, 4.69) is 4.98 Å². The largest absolute Gasteiger partial charge is 0.478 e. The summed E-state index contributed by atoms with van der Waals surface area (Å²) in [6, 6.07) is 3.48. The monoisotopic (exact) mass is 250 g/mol. The maximum atomic E-state index is 13.1. The minimum Gasteiger partial charge on any atom is -0.478 e. The van der Waals surface area contributed by atoms with Gasteiger partial charge in [-0.05, 0) is 19.1 Å². The maximum Gasteiger partial charge on any atom is 0.339 e. The van der Waals surface area contributed by atoms with Crippen LogP contribution in [0.2, 0.25) is 0 Å². The molecule has 0 saturated carbocycles. The van der Waals surface area contributed by atoms with Gasteiger partial charge < -0.3 is 14.4 Å². The van der Waals surface area contributed by atoms with Crippen molar-refractivity contribution in [3.63, 3.8) is 0 Å². The van der Waals surface area contributed by atoms with Crippen LogP contribution in [0.5, 0.6) is 11.8 Å². The Kier molecular flexibility index (Phi) is 3.27. The Morgan fingerprint density at radius 1 is 1.56 bits per heavy atom. The number of carbonyl (C=O) groups is 1. The molecule has 6 heteroatoms. The predicted octanol–water partition coefficient (Wildman–Crippen LogP) is 2.53. The third-order valence-electron chi connectivity index (χ3n) is 2.39. The number of ether oxygens (including phenoxy) is 1. The standard InChI is InChI=1S/C12H11FN2O3/c1-2-15-6-5-14-12(15)18-10-7-8(13)3-4-9(10)11(16)17/h3-7H,2H2,1H3,(H,16,17). The van der Waals surface area contributed by atoms with Crippen LogP contribution in [0.15, 0.2) is 30.6 Å². The van der Waals surface area contributed by atoms with Crippen molar-refractivity contribution >= 4 is 5.97 Å². The van der Waals surface area contributed by atoms with E-state index in [4.69, 9.17) is 9.84 Å². The number of hydrogen-bond donors (Lipinski definition) is 1. The summed E-state index contributed by atoms with van der Waals surface area (Å²) in [7, 11) is 0. The predicted molar refractivity (Wildman–Crippen MR) is 61.3 cm³/mol. The Labute approximate surface area is 102 Å². The molecule has 5 nitrogen and oxygen atoms in total. The highest BCUT2D eigenvalue weighted by molar-refractivity contribution is 5.90. The Bertz CT molecular complexity index is 580. The van der Waals surface area contributed by atoms with Gasteiger partial charge in [-0.3, -0.25) is 0 Å². The Balaban J connectivity index is 2.39. The highest BCUT2D eigenvalue weighted by atomic mass is 19.1. The minimum atomic E-state index is -1.18. The van der Waals surface area contributed by atoms with Crippen LogP contribution in [-0.4, -0.2) is 20.6 Å². The molecular formula is C12H11FN2O3. The van der Waals surface area contributed by atoms with E-state index >= 15 is 0 Å². The first kappa shape index (κ1) is 12.1. The van der Waals surface area contributed by atoms with E-state index in [0.29, 0.717) is 6.54 Å². The zero-order chi connectivity index (χ0) is 13.1. The van der Waals surface area contributed by atoms with Crippen molar-refractivity contribution in [2.45, 2.75) is 13.5 Å². The lowest BCUT2D eigenvalue weighted by Crippen LogP contribution is -2.03. The van der Waals surface area contributed by atoms with Crippen LogP contribution in [0.3, 0.4) is 0 Å². The lowest BCUT2D eigenvalue weighted by atomic mass is 10.2. The molecule has 0 atom stereocenters. The molecule has 1 aromatic carbocycles. The molecule has 0 amide bonds. The van der Waals surface area contributed by atoms with Gasteiger partial charge in [0.2, 0.25) is 0 Å². The fourth-order valence-electron chi connectivity index (χ4n) is 1.50. The Hall–Kier alpha value is -2.37. The zero-order valence-corrected chi connectivity index (χ0v) is 9.63. The third-order valence-corrected chi connectivity index (χ3v) is 2.39. The molecule has 94 valence electrons. The molecule has 18 heavy (non-hydrogen) atoms. The van der Waals surface area contributed by atoms with E-state index in [1.807, 2.05) is 6.92 Å². The van der Waals surface area contributed by atoms with Crippen molar-refractivity contribution in [3.8, 4) is 11.8 Å². The van der Waals surface area contributed by atoms with Gasteiger partial charge in [-0.2, -0.15) is 0 Å². The molecule has 1 N–H and O–H groups in total. The number of carboxylic acids is 1. The summed E-state index contributed by atoms with van der Waals surface area (Å²) in [5.74, 6) is -1.81. The van der Waals surface area contributed by atoms with Gasteiger partial charge in [0.05, 0.1) is 0 Å². The summed E-state index contributed by atoms with van der Waals surface area (Å²) >= 11 is 0. The SMILES string of the molecule is CCn1ccnc1Oc1cc(F)ccc1C(=O)O. The number of benzene rings is 1. The number of aryl methyl sites for hydroxylation is 1. The molecule has 2 aromatic rings. The number of carboxylic acid groups (broad SMARTS) is 1. The number of hydrogen-bond acceptors (Lipinski definition) is 3. The van der Waals surface area contributed by atoms with Crippen LogP contribution >= 0.6 is 0 Å². The van der Waals surface area contributed by atoms with Crippen molar-refractivity contribution in [2.75, 3.05) is 0 Å². The van der Waals surface area contributed by atoms with Gasteiger partial charge in [0.25, 0.3) is 0 Å². The van der Waals surface area contributed by atoms with Crippen LogP contribution in [0, 0.1) is 5.82 Å². The average Bonchev–Trinajstić information content (AvgIpc) is 2.76. The van der Waals surface area contributed by atoms with E-state index in [0.717, 1.165) is 18.2 Å². The van der Waals surface area contributed by atoms with Crippen molar-refractivity contribution in [1.82, 2.24) is 9.55 Å². The molecule has 0 aliphatic rings. The summed E-state index contributed by atoms with van der Waals surface area (Å²) in [5.41, 5.74) is -0.109. The van der Waals surface area contributed by atoms with Crippen molar-refractivity contribution in [1.29, 1.82) is 0 Å². The number of halogens is 1. The molecular weight excluding hydrogens is 239 g/mol. The zero-order valence-electron chi connectivity index (χ0n) is 9.63. The second-order valence-electron chi connectivity index (χ2n) is 3.54. The lowest BCUT2D eigenvalue weighted by Gasteiger charge is -2.09. The van der Waals surface area contributed by atoms with Gasteiger partial charge in [-0.15, -0.1) is 0 Å². The molecule has 1 aromatic heterocycles. The summed E-state index contributed by atoms with van der Waals surface area (Å²) < 4.78 is 20.1. The number of aromatic nitrogens is 2. The highest BCUT2D eigenvalue weighted by Crippen LogP contribution is 2.25. The van der Waals surface area contributed by atoms with Crippen LogP contribution in [-0.2, 0) is 6.54 Å². The fraction of sp³-hybridized carbons (Fsp3) is 0.167. The van der Waals surface area contributed by atoms with E-state index in [9.17, 15) is 9.18 Å². The number of nitrogens with zero attached hydrogens (tertiary/aromatic N) is 2. The Morgan fingerprint density at radius 3 is 3.00 bits per heavy atom. The maximum absolute atomic E-state index is 13.1.